The van der Waals surface area contributed by atoms with Crippen LogP contribution in [0, 0.1) is 5.92 Å². The smallest absolute Gasteiger partial charge is 0.350 e. The van der Waals surface area contributed by atoms with Crippen molar-refractivity contribution in [2.24, 2.45) is 5.92 Å². The molecule has 28 heavy (non-hydrogen) atoms. The number of anilines is 1. The second kappa shape index (κ2) is 8.84. The molecule has 0 unspecified atom stereocenters. The van der Waals surface area contributed by atoms with Gasteiger partial charge in [0.05, 0.1) is 12.5 Å². The number of carbonyl (C=O) groups is 2. The SMILES string of the molecule is CCOC(=O)[C@H]1CCCN(c2cccc(OC(C)(C)C(=O)OC(C)(C)C)c2)C1. The number of nitrogens with zero attached hydrogens (tertiary/aromatic N) is 1. The second-order valence-electron chi connectivity index (χ2n) is 8.65. The van der Waals surface area contributed by atoms with Gasteiger partial charge >= 0.3 is 11.9 Å². The summed E-state index contributed by atoms with van der Waals surface area (Å²) in [6.45, 7) is 12.6. The van der Waals surface area contributed by atoms with Crippen LogP contribution in [0.2, 0.25) is 0 Å². The van der Waals surface area contributed by atoms with Crippen molar-refractivity contribution < 1.29 is 23.8 Å². The summed E-state index contributed by atoms with van der Waals surface area (Å²) in [5.74, 6) is -0.0699. The van der Waals surface area contributed by atoms with Crippen LogP contribution in [0.15, 0.2) is 24.3 Å². The van der Waals surface area contributed by atoms with Crippen molar-refractivity contribution in [3.63, 3.8) is 0 Å². The van der Waals surface area contributed by atoms with Crippen LogP contribution in [0.25, 0.3) is 0 Å². The van der Waals surface area contributed by atoms with E-state index in [0.29, 0.717) is 18.9 Å². The summed E-state index contributed by atoms with van der Waals surface area (Å²) in [6, 6.07) is 7.60. The van der Waals surface area contributed by atoms with Crippen molar-refractivity contribution in [3.8, 4) is 5.75 Å². The molecule has 156 valence electrons. The van der Waals surface area contributed by atoms with Gasteiger partial charge in [-0.25, -0.2) is 4.79 Å². The van der Waals surface area contributed by atoms with Gasteiger partial charge in [0.2, 0.25) is 0 Å². The van der Waals surface area contributed by atoms with Gasteiger partial charge in [-0.2, -0.15) is 0 Å². The largest absolute Gasteiger partial charge is 0.476 e. The van der Waals surface area contributed by atoms with Gasteiger partial charge in [0, 0.05) is 24.8 Å². The van der Waals surface area contributed by atoms with Gasteiger partial charge in [0.1, 0.15) is 11.4 Å². The van der Waals surface area contributed by atoms with E-state index >= 15 is 0 Å². The minimum atomic E-state index is -1.11. The first kappa shape index (κ1) is 22.1. The van der Waals surface area contributed by atoms with E-state index in [0.717, 1.165) is 25.1 Å². The van der Waals surface area contributed by atoms with E-state index in [1.54, 1.807) is 13.8 Å². The van der Waals surface area contributed by atoms with Crippen LogP contribution >= 0.6 is 0 Å². The predicted molar refractivity (Wildman–Crippen MR) is 109 cm³/mol. The van der Waals surface area contributed by atoms with E-state index < -0.39 is 17.2 Å². The van der Waals surface area contributed by atoms with Gasteiger partial charge in [-0.05, 0) is 66.5 Å². The van der Waals surface area contributed by atoms with E-state index in [4.69, 9.17) is 14.2 Å². The normalized spacial score (nSPS) is 17.8. The van der Waals surface area contributed by atoms with Crippen molar-refractivity contribution >= 4 is 17.6 Å². The lowest BCUT2D eigenvalue weighted by molar-refractivity contribution is -0.171. The highest BCUT2D eigenvalue weighted by Gasteiger charge is 2.35. The summed E-state index contributed by atoms with van der Waals surface area (Å²) < 4.78 is 16.6. The molecule has 0 aromatic heterocycles. The fourth-order valence-corrected chi connectivity index (χ4v) is 3.15. The maximum absolute atomic E-state index is 12.4. The highest BCUT2D eigenvalue weighted by molar-refractivity contribution is 5.79. The van der Waals surface area contributed by atoms with Gasteiger partial charge in [-0.1, -0.05) is 6.07 Å². The van der Waals surface area contributed by atoms with Crippen molar-refractivity contribution in [1.29, 1.82) is 0 Å². The summed E-state index contributed by atoms with van der Waals surface area (Å²) in [6.07, 6.45) is 1.77. The zero-order valence-electron chi connectivity index (χ0n) is 17.9. The van der Waals surface area contributed by atoms with E-state index in [9.17, 15) is 9.59 Å². The highest BCUT2D eigenvalue weighted by atomic mass is 16.6. The van der Waals surface area contributed by atoms with E-state index in [-0.39, 0.29) is 11.9 Å². The van der Waals surface area contributed by atoms with Gasteiger partial charge in [0.15, 0.2) is 5.60 Å². The molecule has 1 fully saturated rings. The molecule has 0 N–H and O–H groups in total. The molecule has 1 aliphatic rings. The van der Waals surface area contributed by atoms with Crippen molar-refractivity contribution in [1.82, 2.24) is 0 Å². The Morgan fingerprint density at radius 1 is 1.18 bits per heavy atom. The van der Waals surface area contributed by atoms with Crippen LogP contribution in [0.4, 0.5) is 5.69 Å². The molecule has 1 atom stereocenters. The predicted octanol–water partition coefficient (Wildman–Crippen LogP) is 3.97. The monoisotopic (exact) mass is 391 g/mol. The van der Waals surface area contributed by atoms with E-state index in [1.165, 1.54) is 0 Å². The summed E-state index contributed by atoms with van der Waals surface area (Å²) in [4.78, 5) is 26.7. The first-order valence-corrected chi connectivity index (χ1v) is 9.96. The number of rotatable bonds is 6. The Morgan fingerprint density at radius 2 is 1.89 bits per heavy atom. The molecule has 1 aliphatic heterocycles. The molecule has 0 spiro atoms. The minimum absolute atomic E-state index is 0.114. The zero-order chi connectivity index (χ0) is 20.9. The summed E-state index contributed by atoms with van der Waals surface area (Å²) >= 11 is 0. The summed E-state index contributed by atoms with van der Waals surface area (Å²) in [7, 11) is 0. The molecule has 1 aromatic carbocycles. The molecule has 2 rings (SSSR count). The Kier molecular flexibility index (Phi) is 6.96. The van der Waals surface area contributed by atoms with Crippen LogP contribution in [-0.4, -0.2) is 42.8 Å². The molecule has 0 bridgehead atoms. The first-order chi connectivity index (χ1) is 13.0. The Morgan fingerprint density at radius 3 is 2.54 bits per heavy atom. The molecule has 1 aromatic rings. The van der Waals surface area contributed by atoms with Crippen LogP contribution in [0.3, 0.4) is 0 Å². The fourth-order valence-electron chi connectivity index (χ4n) is 3.15. The molecule has 1 heterocycles. The van der Waals surface area contributed by atoms with Crippen molar-refractivity contribution in [3.05, 3.63) is 24.3 Å². The fraction of sp³-hybridized carbons (Fsp3) is 0.636. The molecule has 0 aliphatic carbocycles. The molecular weight excluding hydrogens is 358 g/mol. The third-order valence-corrected chi connectivity index (χ3v) is 4.49. The summed E-state index contributed by atoms with van der Waals surface area (Å²) in [5.41, 5.74) is -0.719. The lowest BCUT2D eigenvalue weighted by Crippen LogP contribution is -2.43. The van der Waals surface area contributed by atoms with E-state index in [2.05, 4.69) is 4.90 Å². The third-order valence-electron chi connectivity index (χ3n) is 4.49. The number of carbonyl (C=O) groups excluding carboxylic acids is 2. The number of benzene rings is 1. The molecule has 6 nitrogen and oxygen atoms in total. The minimum Gasteiger partial charge on any atom is -0.476 e. The molecular formula is C22H33NO5. The second-order valence-corrected chi connectivity index (χ2v) is 8.65. The topological polar surface area (TPSA) is 65.1 Å². The molecule has 0 radical (unpaired) electrons. The zero-order valence-corrected chi connectivity index (χ0v) is 17.9. The number of ether oxygens (including phenoxy) is 3. The van der Waals surface area contributed by atoms with Crippen LogP contribution in [0.1, 0.15) is 54.4 Å². The standard InChI is InChI=1S/C22H33NO5/c1-7-26-19(24)16-10-9-13-23(15-16)17-11-8-12-18(14-17)27-22(5,6)20(25)28-21(2,3)4/h8,11-12,14,16H,7,9-10,13,15H2,1-6H3/t16-/m0/s1. The lowest BCUT2D eigenvalue weighted by Gasteiger charge is -2.34. The number of piperidine rings is 1. The van der Waals surface area contributed by atoms with Gasteiger partial charge in [-0.3, -0.25) is 4.79 Å². The Hall–Kier alpha value is -2.24. The lowest BCUT2D eigenvalue weighted by atomic mass is 9.97. The molecule has 0 saturated carbocycles. The van der Waals surface area contributed by atoms with Gasteiger partial charge in [-0.15, -0.1) is 0 Å². The van der Waals surface area contributed by atoms with Crippen LogP contribution in [-0.2, 0) is 19.1 Å². The number of hydrogen-bond donors (Lipinski definition) is 0. The van der Waals surface area contributed by atoms with Gasteiger partial charge in [0.25, 0.3) is 0 Å². The average molecular weight is 392 g/mol. The van der Waals surface area contributed by atoms with Gasteiger partial charge < -0.3 is 19.1 Å². The maximum atomic E-state index is 12.4. The Labute approximate surface area is 168 Å². The number of esters is 2. The molecule has 0 amide bonds. The third kappa shape index (κ3) is 6.14. The van der Waals surface area contributed by atoms with E-state index in [1.807, 2.05) is 52.0 Å². The summed E-state index contributed by atoms with van der Waals surface area (Å²) in [5, 5.41) is 0. The van der Waals surface area contributed by atoms with Crippen molar-refractivity contribution in [2.45, 2.75) is 65.6 Å². The molecule has 6 heteroatoms. The Balaban J connectivity index is 2.09. The maximum Gasteiger partial charge on any atom is 0.350 e. The molecule has 1 saturated heterocycles. The van der Waals surface area contributed by atoms with Crippen molar-refractivity contribution in [2.75, 3.05) is 24.6 Å². The van der Waals surface area contributed by atoms with Crippen LogP contribution < -0.4 is 9.64 Å². The highest BCUT2D eigenvalue weighted by Crippen LogP contribution is 2.29. The average Bonchev–Trinajstić information content (AvgIpc) is 2.60. The Bertz CT molecular complexity index is 692. The van der Waals surface area contributed by atoms with Crippen LogP contribution in [0.5, 0.6) is 5.75 Å². The quantitative estimate of drug-likeness (QED) is 0.684. The first-order valence-electron chi connectivity index (χ1n) is 9.96. The number of hydrogen-bond acceptors (Lipinski definition) is 6.